The van der Waals surface area contributed by atoms with Gasteiger partial charge in [0.1, 0.15) is 0 Å². The molecule has 3 rings (SSSR count). The van der Waals surface area contributed by atoms with Crippen LogP contribution in [0.25, 0.3) is 0 Å². The molecule has 1 aliphatic rings. The molecule has 2 aromatic rings. The second kappa shape index (κ2) is 8.84. The first-order valence-electron chi connectivity index (χ1n) is 9.49. The van der Waals surface area contributed by atoms with Crippen LogP contribution >= 0.6 is 0 Å². The zero-order valence-electron chi connectivity index (χ0n) is 16.2. The number of primary amides is 1. The Labute approximate surface area is 164 Å². The van der Waals surface area contributed by atoms with Crippen LogP contribution in [-0.2, 0) is 11.3 Å². The highest BCUT2D eigenvalue weighted by molar-refractivity contribution is 6.04. The van der Waals surface area contributed by atoms with Crippen LogP contribution in [0.4, 0.5) is 5.69 Å². The molecular weight excluding hydrogens is 356 g/mol. The molecule has 2 heterocycles. The number of nitrogens with zero attached hydrogens (tertiary/aromatic N) is 2. The number of amides is 2. The Hall–Kier alpha value is -2.93. The van der Waals surface area contributed by atoms with Gasteiger partial charge >= 0.3 is 0 Å². The molecule has 1 atom stereocenters. The number of carbonyl (C=O) groups is 2. The number of anilines is 1. The van der Waals surface area contributed by atoms with Crippen molar-refractivity contribution in [2.75, 3.05) is 11.9 Å². The SMILES string of the molecule is CC(C)Oc1ccc(C(=O)Nc2cccc(CN3CCCC3C(N)=O)c2)cn1. The zero-order chi connectivity index (χ0) is 20.1. The third-order valence-corrected chi connectivity index (χ3v) is 4.62. The Morgan fingerprint density at radius 1 is 1.32 bits per heavy atom. The number of ether oxygens (including phenoxy) is 1. The van der Waals surface area contributed by atoms with Crippen LogP contribution in [0.1, 0.15) is 42.6 Å². The van der Waals surface area contributed by atoms with Crippen molar-refractivity contribution in [2.45, 2.75) is 45.4 Å². The molecule has 7 heteroatoms. The molecule has 3 N–H and O–H groups in total. The van der Waals surface area contributed by atoms with Crippen molar-refractivity contribution in [3.05, 3.63) is 53.7 Å². The Balaban J connectivity index is 1.64. The molecule has 0 radical (unpaired) electrons. The molecule has 28 heavy (non-hydrogen) atoms. The molecule has 7 nitrogen and oxygen atoms in total. The van der Waals surface area contributed by atoms with Crippen molar-refractivity contribution in [3.8, 4) is 5.88 Å². The fraction of sp³-hybridized carbons (Fsp3) is 0.381. The zero-order valence-corrected chi connectivity index (χ0v) is 16.2. The highest BCUT2D eigenvalue weighted by Crippen LogP contribution is 2.21. The van der Waals surface area contributed by atoms with E-state index in [9.17, 15) is 9.59 Å². The molecule has 148 valence electrons. The lowest BCUT2D eigenvalue weighted by molar-refractivity contribution is -0.122. The Bertz CT molecular complexity index is 836. The van der Waals surface area contributed by atoms with Gasteiger partial charge in [0.25, 0.3) is 5.91 Å². The van der Waals surface area contributed by atoms with E-state index < -0.39 is 0 Å². The monoisotopic (exact) mass is 382 g/mol. The fourth-order valence-corrected chi connectivity index (χ4v) is 3.35. The number of carbonyl (C=O) groups excluding carboxylic acids is 2. The lowest BCUT2D eigenvalue weighted by Crippen LogP contribution is -2.39. The summed E-state index contributed by atoms with van der Waals surface area (Å²) < 4.78 is 5.49. The number of rotatable bonds is 7. The van der Waals surface area contributed by atoms with Crippen LogP contribution in [-0.4, -0.2) is 40.4 Å². The Morgan fingerprint density at radius 3 is 2.82 bits per heavy atom. The minimum absolute atomic E-state index is 0.0275. The number of hydrogen-bond donors (Lipinski definition) is 2. The van der Waals surface area contributed by atoms with E-state index in [1.54, 1.807) is 12.1 Å². The fourth-order valence-electron chi connectivity index (χ4n) is 3.35. The summed E-state index contributed by atoms with van der Waals surface area (Å²) in [4.78, 5) is 30.3. The van der Waals surface area contributed by atoms with E-state index in [0.717, 1.165) is 24.9 Å². The molecule has 0 spiro atoms. The largest absolute Gasteiger partial charge is 0.475 e. The van der Waals surface area contributed by atoms with Crippen LogP contribution in [0.15, 0.2) is 42.6 Å². The maximum atomic E-state index is 12.5. The van der Waals surface area contributed by atoms with Gasteiger partial charge in [-0.15, -0.1) is 0 Å². The quantitative estimate of drug-likeness (QED) is 0.767. The van der Waals surface area contributed by atoms with Gasteiger partial charge in [-0.25, -0.2) is 4.98 Å². The van der Waals surface area contributed by atoms with Gasteiger partial charge in [-0.3, -0.25) is 14.5 Å². The number of pyridine rings is 1. The van der Waals surface area contributed by atoms with E-state index in [-0.39, 0.29) is 24.0 Å². The Kier molecular flexibility index (Phi) is 6.26. The standard InChI is InChI=1S/C21H26N4O3/c1-14(2)28-19-9-8-16(12-23-19)21(27)24-17-6-3-5-15(11-17)13-25-10-4-7-18(25)20(22)26/h3,5-6,8-9,11-12,14,18H,4,7,10,13H2,1-2H3,(H2,22,26)(H,24,27). The van der Waals surface area contributed by atoms with Crippen molar-refractivity contribution in [2.24, 2.45) is 5.73 Å². The summed E-state index contributed by atoms with van der Waals surface area (Å²) in [5.41, 5.74) is 7.65. The van der Waals surface area contributed by atoms with Gasteiger partial charge in [-0.2, -0.15) is 0 Å². The maximum absolute atomic E-state index is 12.5. The molecule has 0 aliphatic carbocycles. The van der Waals surface area contributed by atoms with Crippen LogP contribution in [0.3, 0.4) is 0 Å². The molecule has 2 amide bonds. The molecule has 0 saturated carbocycles. The third-order valence-electron chi connectivity index (χ3n) is 4.62. The van der Waals surface area contributed by atoms with Crippen LogP contribution in [0, 0.1) is 0 Å². The lowest BCUT2D eigenvalue weighted by atomic mass is 10.1. The molecule has 1 aromatic heterocycles. The number of nitrogens with one attached hydrogen (secondary N) is 1. The Morgan fingerprint density at radius 2 is 2.14 bits per heavy atom. The second-order valence-corrected chi connectivity index (χ2v) is 7.24. The first-order chi connectivity index (χ1) is 13.4. The average molecular weight is 382 g/mol. The molecule has 1 saturated heterocycles. The van der Waals surface area contributed by atoms with Crippen LogP contribution < -0.4 is 15.8 Å². The number of aromatic nitrogens is 1. The van der Waals surface area contributed by atoms with E-state index in [1.165, 1.54) is 6.20 Å². The van der Waals surface area contributed by atoms with Crippen molar-refractivity contribution in [3.63, 3.8) is 0 Å². The summed E-state index contributed by atoms with van der Waals surface area (Å²) in [5, 5.41) is 2.89. The predicted octanol–water partition coefficient (Wildman–Crippen LogP) is 2.57. The number of nitrogens with two attached hydrogens (primary N) is 1. The smallest absolute Gasteiger partial charge is 0.257 e. The lowest BCUT2D eigenvalue weighted by Gasteiger charge is -2.22. The summed E-state index contributed by atoms with van der Waals surface area (Å²) in [6.45, 7) is 5.31. The van der Waals surface area contributed by atoms with E-state index in [0.29, 0.717) is 23.7 Å². The van der Waals surface area contributed by atoms with Crippen molar-refractivity contribution < 1.29 is 14.3 Å². The van der Waals surface area contributed by atoms with E-state index in [2.05, 4.69) is 15.2 Å². The molecular formula is C21H26N4O3. The first-order valence-corrected chi connectivity index (χ1v) is 9.49. The van der Waals surface area contributed by atoms with Crippen LogP contribution in [0.2, 0.25) is 0 Å². The average Bonchev–Trinajstić information content (AvgIpc) is 3.10. The molecule has 0 bridgehead atoms. The third kappa shape index (κ3) is 5.07. The van der Waals surface area contributed by atoms with Gasteiger partial charge in [0.2, 0.25) is 11.8 Å². The van der Waals surface area contributed by atoms with E-state index >= 15 is 0 Å². The first kappa shape index (κ1) is 19.8. The summed E-state index contributed by atoms with van der Waals surface area (Å²) in [7, 11) is 0. The number of likely N-dealkylation sites (tertiary alicyclic amines) is 1. The van der Waals surface area contributed by atoms with Crippen molar-refractivity contribution >= 4 is 17.5 Å². The van der Waals surface area contributed by atoms with E-state index in [4.69, 9.17) is 10.5 Å². The molecule has 1 aromatic carbocycles. The summed E-state index contributed by atoms with van der Waals surface area (Å²) in [6, 6.07) is 10.8. The van der Waals surface area contributed by atoms with Gasteiger partial charge in [0, 0.05) is 24.5 Å². The second-order valence-electron chi connectivity index (χ2n) is 7.24. The normalized spacial score (nSPS) is 16.9. The molecule has 1 unspecified atom stereocenters. The van der Waals surface area contributed by atoms with Crippen LogP contribution in [0.5, 0.6) is 5.88 Å². The van der Waals surface area contributed by atoms with Gasteiger partial charge < -0.3 is 15.8 Å². The highest BCUT2D eigenvalue weighted by Gasteiger charge is 2.28. The molecule has 1 aliphatic heterocycles. The van der Waals surface area contributed by atoms with Crippen molar-refractivity contribution in [1.29, 1.82) is 0 Å². The van der Waals surface area contributed by atoms with Gasteiger partial charge in [0.05, 0.1) is 17.7 Å². The number of hydrogen-bond acceptors (Lipinski definition) is 5. The van der Waals surface area contributed by atoms with Gasteiger partial charge in [0.15, 0.2) is 0 Å². The van der Waals surface area contributed by atoms with E-state index in [1.807, 2.05) is 38.1 Å². The maximum Gasteiger partial charge on any atom is 0.257 e. The summed E-state index contributed by atoms with van der Waals surface area (Å²) in [6.07, 6.45) is 3.29. The number of benzene rings is 1. The van der Waals surface area contributed by atoms with Gasteiger partial charge in [-0.05, 0) is 57.0 Å². The summed E-state index contributed by atoms with van der Waals surface area (Å²) in [5.74, 6) is -0.0283. The van der Waals surface area contributed by atoms with Gasteiger partial charge in [-0.1, -0.05) is 12.1 Å². The highest BCUT2D eigenvalue weighted by atomic mass is 16.5. The topological polar surface area (TPSA) is 97.5 Å². The summed E-state index contributed by atoms with van der Waals surface area (Å²) >= 11 is 0. The minimum atomic E-state index is -0.278. The predicted molar refractivity (Wildman–Crippen MR) is 107 cm³/mol. The molecule has 1 fully saturated rings. The van der Waals surface area contributed by atoms with Crippen molar-refractivity contribution in [1.82, 2.24) is 9.88 Å². The minimum Gasteiger partial charge on any atom is -0.475 e.